The van der Waals surface area contributed by atoms with Gasteiger partial charge in [0.05, 0.1) is 0 Å². The van der Waals surface area contributed by atoms with E-state index < -0.39 is 11.6 Å². The Morgan fingerprint density at radius 3 is 2.62 bits per heavy atom. The van der Waals surface area contributed by atoms with Gasteiger partial charge in [0.1, 0.15) is 5.50 Å². The molecule has 1 atom stereocenters. The number of amides is 1. The van der Waals surface area contributed by atoms with Crippen LogP contribution in [0.4, 0.5) is 4.79 Å². The maximum atomic E-state index is 10.3. The maximum Gasteiger partial charge on any atom is 0.406 e. The molecule has 0 radical (unpaired) electrons. The van der Waals surface area contributed by atoms with Crippen LogP contribution in [0.5, 0.6) is 0 Å². The molecule has 1 aromatic rings. The van der Waals surface area contributed by atoms with Crippen molar-refractivity contribution >= 4 is 29.3 Å². The van der Waals surface area contributed by atoms with Crippen LogP contribution in [-0.4, -0.2) is 11.2 Å². The second kappa shape index (κ2) is 4.35. The minimum atomic E-state index is -1.18. The van der Waals surface area contributed by atoms with Crippen molar-refractivity contribution in [1.82, 2.24) is 5.32 Å². The second-order valence-electron chi connectivity index (χ2n) is 2.33. The van der Waals surface area contributed by atoms with Crippen molar-refractivity contribution in [2.24, 2.45) is 0 Å². The van der Waals surface area contributed by atoms with Crippen LogP contribution in [-0.2, 0) is 0 Å². The van der Waals surface area contributed by atoms with Gasteiger partial charge in [-0.15, -0.1) is 0 Å². The molecule has 0 aliphatic rings. The number of hydrogen-bond donors (Lipinski definition) is 2. The molecule has 0 heterocycles. The van der Waals surface area contributed by atoms with Crippen molar-refractivity contribution in [1.29, 1.82) is 0 Å². The largest absolute Gasteiger partial charge is 0.465 e. The summed E-state index contributed by atoms with van der Waals surface area (Å²) in [5, 5.41) is 10.9. The molecule has 3 nitrogen and oxygen atoms in total. The zero-order chi connectivity index (χ0) is 9.84. The number of rotatable bonds is 2. The molecule has 1 aromatic carbocycles. The van der Waals surface area contributed by atoms with Crippen LogP contribution in [0, 0.1) is 0 Å². The molecule has 0 aromatic heterocycles. The van der Waals surface area contributed by atoms with E-state index in [-0.39, 0.29) is 0 Å². The van der Waals surface area contributed by atoms with Gasteiger partial charge in [-0.3, -0.25) is 0 Å². The van der Waals surface area contributed by atoms with E-state index >= 15 is 0 Å². The van der Waals surface area contributed by atoms with Crippen molar-refractivity contribution in [3.8, 4) is 0 Å². The smallest absolute Gasteiger partial charge is 0.406 e. The molecule has 0 aliphatic carbocycles. The fraction of sp³-hybridized carbons (Fsp3) is 0.125. The van der Waals surface area contributed by atoms with E-state index in [0.717, 1.165) is 0 Å². The van der Waals surface area contributed by atoms with E-state index in [1.54, 1.807) is 24.3 Å². The molecular weight excluding hydrogens is 213 g/mol. The topological polar surface area (TPSA) is 49.3 Å². The molecule has 5 heteroatoms. The zero-order valence-corrected chi connectivity index (χ0v) is 8.01. The summed E-state index contributed by atoms with van der Waals surface area (Å²) in [6.07, 6.45) is -1.18. The molecule has 0 aliphatic heterocycles. The van der Waals surface area contributed by atoms with Crippen LogP contribution in [0.1, 0.15) is 11.1 Å². The fourth-order valence-electron chi connectivity index (χ4n) is 0.867. The van der Waals surface area contributed by atoms with E-state index in [2.05, 4.69) is 5.32 Å². The molecule has 13 heavy (non-hydrogen) atoms. The lowest BCUT2D eigenvalue weighted by atomic mass is 10.2. The highest BCUT2D eigenvalue weighted by Gasteiger charge is 2.12. The third kappa shape index (κ3) is 2.79. The van der Waals surface area contributed by atoms with Gasteiger partial charge in [-0.25, -0.2) is 4.79 Å². The van der Waals surface area contributed by atoms with Gasteiger partial charge in [-0.1, -0.05) is 41.4 Å². The molecule has 1 unspecified atom stereocenters. The molecule has 2 N–H and O–H groups in total. The van der Waals surface area contributed by atoms with E-state index in [1.807, 2.05) is 0 Å². The number of carbonyl (C=O) groups is 1. The van der Waals surface area contributed by atoms with Crippen LogP contribution in [0.15, 0.2) is 24.3 Å². The van der Waals surface area contributed by atoms with Crippen molar-refractivity contribution < 1.29 is 9.90 Å². The highest BCUT2D eigenvalue weighted by Crippen LogP contribution is 2.24. The van der Waals surface area contributed by atoms with Gasteiger partial charge in [0.15, 0.2) is 0 Å². The molecule has 0 bridgehead atoms. The average molecular weight is 220 g/mol. The number of alkyl halides is 1. The molecule has 70 valence electrons. The quantitative estimate of drug-likeness (QED) is 0.594. The minimum Gasteiger partial charge on any atom is -0.465 e. The molecule has 0 spiro atoms. The molecule has 0 saturated carbocycles. The van der Waals surface area contributed by atoms with Gasteiger partial charge in [0.2, 0.25) is 0 Å². The van der Waals surface area contributed by atoms with Crippen LogP contribution in [0.2, 0.25) is 5.02 Å². The van der Waals surface area contributed by atoms with E-state index in [4.69, 9.17) is 28.3 Å². The van der Waals surface area contributed by atoms with E-state index in [1.165, 1.54) is 0 Å². The highest BCUT2D eigenvalue weighted by atomic mass is 35.5. The number of halogens is 2. The van der Waals surface area contributed by atoms with Gasteiger partial charge in [-0.05, 0) is 6.07 Å². The average Bonchev–Trinajstić information content (AvgIpc) is 2.03. The first-order valence-electron chi connectivity index (χ1n) is 3.49. The standard InChI is InChI=1S/C8H7Cl2NO2/c9-6-4-2-1-3-5(6)7(10)11-8(12)13/h1-4,7,11H,(H,12,13). The van der Waals surface area contributed by atoms with Crippen molar-refractivity contribution in [2.75, 3.05) is 0 Å². The third-order valence-corrected chi connectivity index (χ3v) is 2.12. The molecule has 1 rings (SSSR count). The molecule has 0 fully saturated rings. The molecule has 1 amide bonds. The number of carboxylic acid groups (broad SMARTS) is 1. The van der Waals surface area contributed by atoms with Crippen LogP contribution >= 0.6 is 23.2 Å². The van der Waals surface area contributed by atoms with Gasteiger partial charge in [0, 0.05) is 10.6 Å². The van der Waals surface area contributed by atoms with Gasteiger partial charge in [-0.2, -0.15) is 0 Å². The first-order valence-corrected chi connectivity index (χ1v) is 4.30. The Hall–Kier alpha value is -0.930. The third-order valence-electron chi connectivity index (χ3n) is 1.43. The predicted octanol–water partition coefficient (Wildman–Crippen LogP) is 2.85. The highest BCUT2D eigenvalue weighted by molar-refractivity contribution is 6.32. The Morgan fingerprint density at radius 1 is 1.46 bits per heavy atom. The Labute approximate surface area is 85.3 Å². The SMILES string of the molecule is O=C(O)NC(Cl)c1ccccc1Cl. The lowest BCUT2D eigenvalue weighted by Crippen LogP contribution is -2.23. The van der Waals surface area contributed by atoms with Gasteiger partial charge in [0.25, 0.3) is 0 Å². The summed E-state index contributed by atoms with van der Waals surface area (Å²) in [6, 6.07) is 6.79. The van der Waals surface area contributed by atoms with Gasteiger partial charge < -0.3 is 10.4 Å². The van der Waals surface area contributed by atoms with Crippen molar-refractivity contribution in [2.45, 2.75) is 5.50 Å². The first kappa shape index (κ1) is 10.2. The van der Waals surface area contributed by atoms with E-state index in [9.17, 15) is 4.79 Å². The molecule has 0 saturated heterocycles. The van der Waals surface area contributed by atoms with Gasteiger partial charge >= 0.3 is 6.09 Å². The fourth-order valence-corrected chi connectivity index (χ4v) is 1.45. The number of hydrogen-bond acceptors (Lipinski definition) is 1. The summed E-state index contributed by atoms with van der Waals surface area (Å²) in [6.45, 7) is 0. The Kier molecular flexibility index (Phi) is 3.39. The van der Waals surface area contributed by atoms with Crippen LogP contribution < -0.4 is 5.32 Å². The van der Waals surface area contributed by atoms with E-state index in [0.29, 0.717) is 10.6 Å². The Bertz CT molecular complexity index is 317. The summed E-state index contributed by atoms with van der Waals surface area (Å²) < 4.78 is 0. The maximum absolute atomic E-state index is 10.3. The lowest BCUT2D eigenvalue weighted by Gasteiger charge is -2.10. The second-order valence-corrected chi connectivity index (χ2v) is 3.18. The summed E-state index contributed by atoms with van der Waals surface area (Å²) in [4.78, 5) is 10.3. The zero-order valence-electron chi connectivity index (χ0n) is 6.50. The minimum absolute atomic E-state index is 0.441. The van der Waals surface area contributed by atoms with Crippen LogP contribution in [0.25, 0.3) is 0 Å². The lowest BCUT2D eigenvalue weighted by molar-refractivity contribution is 0.193. The van der Waals surface area contributed by atoms with Crippen molar-refractivity contribution in [3.63, 3.8) is 0 Å². The number of benzene rings is 1. The summed E-state index contributed by atoms with van der Waals surface area (Å²) in [7, 11) is 0. The Morgan fingerprint density at radius 2 is 2.08 bits per heavy atom. The van der Waals surface area contributed by atoms with Crippen LogP contribution in [0.3, 0.4) is 0 Å². The summed E-state index contributed by atoms with van der Waals surface area (Å²) in [5.41, 5.74) is -0.264. The van der Waals surface area contributed by atoms with Crippen molar-refractivity contribution in [3.05, 3.63) is 34.9 Å². The summed E-state index contributed by atoms with van der Waals surface area (Å²) in [5.74, 6) is 0. The first-order chi connectivity index (χ1) is 6.11. The predicted molar refractivity (Wildman–Crippen MR) is 51.2 cm³/mol. The Balaban J connectivity index is 2.82. The molecular formula is C8H7Cl2NO2. The monoisotopic (exact) mass is 219 g/mol. The normalized spacial score (nSPS) is 12.2. The number of nitrogens with one attached hydrogen (secondary N) is 1. The summed E-state index contributed by atoms with van der Waals surface area (Å²) >= 11 is 11.5.